The van der Waals surface area contributed by atoms with Crippen molar-refractivity contribution in [2.75, 3.05) is 11.9 Å². The van der Waals surface area contributed by atoms with E-state index in [0.717, 1.165) is 16.8 Å². The highest BCUT2D eigenvalue weighted by Crippen LogP contribution is 2.30. The van der Waals surface area contributed by atoms with E-state index in [1.54, 1.807) is 48.5 Å². The minimum absolute atomic E-state index is 0.0944. The fraction of sp³-hybridized carbons (Fsp3) is 0.115. The van der Waals surface area contributed by atoms with Crippen molar-refractivity contribution in [2.24, 2.45) is 0 Å². The van der Waals surface area contributed by atoms with Crippen molar-refractivity contribution in [1.29, 1.82) is 0 Å². The number of fused-ring (bicyclic) bond motifs is 1. The van der Waals surface area contributed by atoms with Gasteiger partial charge in [0.2, 0.25) is 0 Å². The van der Waals surface area contributed by atoms with Gasteiger partial charge in [0.25, 0.3) is 5.91 Å². The van der Waals surface area contributed by atoms with Gasteiger partial charge in [0.15, 0.2) is 18.2 Å². The van der Waals surface area contributed by atoms with Crippen LogP contribution in [-0.2, 0) is 4.79 Å². The van der Waals surface area contributed by atoms with Crippen LogP contribution in [-0.4, -0.2) is 24.1 Å². The highest BCUT2D eigenvalue weighted by molar-refractivity contribution is 6.41. The Bertz CT molecular complexity index is 1200. The fourth-order valence-electron chi connectivity index (χ4n) is 3.57. The summed E-state index contributed by atoms with van der Waals surface area (Å²) in [6, 6.07) is 19.5. The lowest BCUT2D eigenvalue weighted by atomic mass is 10.1. The first-order chi connectivity index (χ1) is 14.9. The number of Topliss-reactive ketones (excluding diaryl/α,β-unsaturated/α-hetero) is 2. The largest absolute Gasteiger partial charge is 0.483 e. The topological polar surface area (TPSA) is 72.5 Å². The van der Waals surface area contributed by atoms with Crippen LogP contribution in [0.15, 0.2) is 72.3 Å². The molecule has 0 saturated heterocycles. The summed E-state index contributed by atoms with van der Waals surface area (Å²) in [7, 11) is 0. The molecule has 0 aliphatic heterocycles. The first kappa shape index (κ1) is 20.3. The summed E-state index contributed by atoms with van der Waals surface area (Å²) in [4.78, 5) is 37.7. The zero-order valence-corrected chi connectivity index (χ0v) is 17.3. The second-order valence-corrected chi connectivity index (χ2v) is 7.45. The Morgan fingerprint density at radius 2 is 1.55 bits per heavy atom. The highest BCUT2D eigenvalue weighted by Gasteiger charge is 2.32. The molecule has 3 aromatic rings. The molecule has 0 aromatic heterocycles. The van der Waals surface area contributed by atoms with Gasteiger partial charge in [-0.1, -0.05) is 60.2 Å². The van der Waals surface area contributed by atoms with Crippen LogP contribution in [0.25, 0.3) is 6.08 Å². The van der Waals surface area contributed by atoms with Crippen molar-refractivity contribution < 1.29 is 19.1 Å². The van der Waals surface area contributed by atoms with Gasteiger partial charge in [0.05, 0.1) is 5.57 Å². The number of hydrogen-bond donors (Lipinski definition) is 1. The van der Waals surface area contributed by atoms with E-state index >= 15 is 0 Å². The number of carbonyl (C=O) groups is 3. The molecule has 5 heteroatoms. The van der Waals surface area contributed by atoms with E-state index in [0.29, 0.717) is 22.4 Å². The maximum Gasteiger partial charge on any atom is 0.262 e. The number of carbonyl (C=O) groups excluding carboxylic acids is 3. The lowest BCUT2D eigenvalue weighted by molar-refractivity contribution is -0.118. The van der Waals surface area contributed by atoms with Crippen LogP contribution in [0.4, 0.5) is 5.69 Å². The number of ether oxygens (including phenoxy) is 1. The third kappa shape index (κ3) is 4.16. The van der Waals surface area contributed by atoms with Crippen molar-refractivity contribution in [3.8, 4) is 5.75 Å². The smallest absolute Gasteiger partial charge is 0.262 e. The van der Waals surface area contributed by atoms with Gasteiger partial charge < -0.3 is 10.1 Å². The van der Waals surface area contributed by atoms with Crippen LogP contribution in [0, 0.1) is 13.8 Å². The molecular formula is C26H21NO4. The van der Waals surface area contributed by atoms with Crippen molar-refractivity contribution in [3.05, 3.63) is 100 Å². The Morgan fingerprint density at radius 1 is 0.903 bits per heavy atom. The quantitative estimate of drug-likeness (QED) is 0.484. The van der Waals surface area contributed by atoms with Gasteiger partial charge in [-0.2, -0.15) is 0 Å². The van der Waals surface area contributed by atoms with Gasteiger partial charge in [0, 0.05) is 22.4 Å². The molecule has 0 radical (unpaired) electrons. The Morgan fingerprint density at radius 3 is 2.23 bits per heavy atom. The van der Waals surface area contributed by atoms with Crippen molar-refractivity contribution in [2.45, 2.75) is 13.8 Å². The zero-order valence-electron chi connectivity index (χ0n) is 17.3. The number of aryl methyl sites for hydroxylation is 2. The van der Waals surface area contributed by atoms with Crippen LogP contribution in [0.3, 0.4) is 0 Å². The van der Waals surface area contributed by atoms with Crippen LogP contribution in [0.5, 0.6) is 5.75 Å². The molecule has 0 spiro atoms. The fourth-order valence-corrected chi connectivity index (χ4v) is 3.57. The number of ketones is 2. The van der Waals surface area contributed by atoms with Crippen LogP contribution >= 0.6 is 0 Å². The number of hydrogen-bond acceptors (Lipinski definition) is 4. The minimum atomic E-state index is -0.303. The predicted octanol–water partition coefficient (Wildman–Crippen LogP) is 4.78. The molecule has 0 unspecified atom stereocenters. The van der Waals surface area contributed by atoms with E-state index in [2.05, 4.69) is 5.32 Å². The lowest BCUT2D eigenvalue weighted by Gasteiger charge is -2.12. The third-order valence-electron chi connectivity index (χ3n) is 5.14. The first-order valence-corrected chi connectivity index (χ1v) is 9.93. The van der Waals surface area contributed by atoms with Crippen molar-refractivity contribution in [3.63, 3.8) is 0 Å². The molecule has 154 valence electrons. The Balaban J connectivity index is 1.51. The van der Waals surface area contributed by atoms with Gasteiger partial charge in [0.1, 0.15) is 5.75 Å². The van der Waals surface area contributed by atoms with E-state index in [1.807, 2.05) is 32.0 Å². The molecular weight excluding hydrogens is 390 g/mol. The van der Waals surface area contributed by atoms with Gasteiger partial charge >= 0.3 is 0 Å². The van der Waals surface area contributed by atoms with Gasteiger partial charge in [-0.25, -0.2) is 0 Å². The number of anilines is 1. The monoisotopic (exact) mass is 411 g/mol. The molecule has 1 N–H and O–H groups in total. The number of para-hydroxylation sites is 1. The van der Waals surface area contributed by atoms with E-state index in [-0.39, 0.29) is 29.7 Å². The molecule has 1 aliphatic rings. The van der Waals surface area contributed by atoms with Crippen LogP contribution < -0.4 is 10.1 Å². The first-order valence-electron chi connectivity index (χ1n) is 9.93. The molecule has 0 heterocycles. The van der Waals surface area contributed by atoms with Gasteiger partial charge in [-0.15, -0.1) is 0 Å². The molecule has 0 atom stereocenters. The van der Waals surface area contributed by atoms with E-state index < -0.39 is 0 Å². The average Bonchev–Trinajstić information content (AvgIpc) is 3.00. The maximum atomic E-state index is 12.7. The molecule has 0 saturated carbocycles. The SMILES string of the molecule is Cc1ccc(NC(=O)COc2ccccc2C=C2C(=O)c3ccccc3C2=O)c(C)c1. The van der Waals surface area contributed by atoms with E-state index in [1.165, 1.54) is 6.08 Å². The summed E-state index contributed by atoms with van der Waals surface area (Å²) in [6.45, 7) is 3.72. The van der Waals surface area contributed by atoms with Gasteiger partial charge in [-0.05, 0) is 37.6 Å². The molecule has 1 amide bonds. The summed E-state index contributed by atoms with van der Waals surface area (Å²) in [5.74, 6) is -0.483. The molecule has 1 aliphatic carbocycles. The van der Waals surface area contributed by atoms with E-state index in [9.17, 15) is 14.4 Å². The number of amides is 1. The molecule has 0 bridgehead atoms. The highest BCUT2D eigenvalue weighted by atomic mass is 16.5. The summed E-state index contributed by atoms with van der Waals surface area (Å²) < 4.78 is 5.71. The Kier molecular flexibility index (Phi) is 5.50. The van der Waals surface area contributed by atoms with Crippen LogP contribution in [0.2, 0.25) is 0 Å². The van der Waals surface area contributed by atoms with Crippen molar-refractivity contribution in [1.82, 2.24) is 0 Å². The van der Waals surface area contributed by atoms with Crippen LogP contribution in [0.1, 0.15) is 37.4 Å². The molecule has 5 nitrogen and oxygen atoms in total. The Hall–Kier alpha value is -3.99. The summed E-state index contributed by atoms with van der Waals surface area (Å²) >= 11 is 0. The minimum Gasteiger partial charge on any atom is -0.483 e. The summed E-state index contributed by atoms with van der Waals surface area (Å²) in [5, 5.41) is 2.84. The second-order valence-electron chi connectivity index (χ2n) is 7.45. The van der Waals surface area contributed by atoms with E-state index in [4.69, 9.17) is 4.74 Å². The average molecular weight is 411 g/mol. The normalized spacial score (nSPS) is 12.5. The third-order valence-corrected chi connectivity index (χ3v) is 5.14. The number of rotatable bonds is 5. The molecule has 3 aromatic carbocycles. The number of nitrogens with one attached hydrogen (secondary N) is 1. The molecule has 0 fully saturated rings. The standard InChI is InChI=1S/C26H21NO4/c1-16-11-12-22(17(2)13-16)27-24(28)15-31-23-10-6-3-7-18(23)14-21-25(29)19-8-4-5-9-20(19)26(21)30/h3-14H,15H2,1-2H3,(H,27,28). The summed E-state index contributed by atoms with van der Waals surface area (Å²) in [6.07, 6.45) is 1.53. The predicted molar refractivity (Wildman–Crippen MR) is 120 cm³/mol. The van der Waals surface area contributed by atoms with Crippen molar-refractivity contribution >= 4 is 29.2 Å². The Labute approximate surface area is 180 Å². The van der Waals surface area contributed by atoms with Gasteiger partial charge in [-0.3, -0.25) is 14.4 Å². The number of benzene rings is 3. The second kappa shape index (κ2) is 8.40. The molecule has 4 rings (SSSR count). The molecule has 31 heavy (non-hydrogen) atoms. The maximum absolute atomic E-state index is 12.7. The lowest BCUT2D eigenvalue weighted by Crippen LogP contribution is -2.21. The summed E-state index contributed by atoms with van der Waals surface area (Å²) in [5.41, 5.74) is 4.29. The number of allylic oxidation sites excluding steroid dienone is 1. The zero-order chi connectivity index (χ0) is 22.0.